The third kappa shape index (κ3) is 3.64. The first-order chi connectivity index (χ1) is 10.7. The van der Waals surface area contributed by atoms with Crippen molar-refractivity contribution in [3.63, 3.8) is 0 Å². The van der Waals surface area contributed by atoms with Gasteiger partial charge in [-0.15, -0.1) is 0 Å². The molecular weight excluding hydrogens is 296 g/mol. The molecule has 23 heavy (non-hydrogen) atoms. The summed E-state index contributed by atoms with van der Waals surface area (Å²) >= 11 is 0. The average molecular weight is 318 g/mol. The van der Waals surface area contributed by atoms with Crippen molar-refractivity contribution in [3.8, 4) is 11.4 Å². The molecule has 0 fully saturated rings. The van der Waals surface area contributed by atoms with E-state index in [1.165, 1.54) is 4.68 Å². The van der Waals surface area contributed by atoms with Crippen LogP contribution in [-0.4, -0.2) is 28.0 Å². The number of nitrogens with zero attached hydrogens (tertiary/aromatic N) is 1. The number of aliphatic carboxylic acids is 1. The summed E-state index contributed by atoms with van der Waals surface area (Å²) in [4.78, 5) is 23.6. The van der Waals surface area contributed by atoms with Crippen molar-refractivity contribution in [1.29, 1.82) is 0 Å². The summed E-state index contributed by atoms with van der Waals surface area (Å²) in [5.41, 5.74) is 1.41. The monoisotopic (exact) mass is 318 g/mol. The highest BCUT2D eigenvalue weighted by Gasteiger charge is 2.25. The highest BCUT2D eigenvalue weighted by atomic mass is 16.5. The lowest BCUT2D eigenvalue weighted by molar-refractivity contribution is -0.136. The summed E-state index contributed by atoms with van der Waals surface area (Å²) in [7, 11) is 1.56. The third-order valence-electron chi connectivity index (χ3n) is 3.64. The average Bonchev–Trinajstić information content (AvgIpc) is 2.82. The molecule has 1 heterocycles. The predicted molar refractivity (Wildman–Crippen MR) is 87.6 cm³/mol. The van der Waals surface area contributed by atoms with Crippen LogP contribution in [0, 0.1) is 0 Å². The van der Waals surface area contributed by atoms with Gasteiger partial charge in [0, 0.05) is 29.2 Å². The summed E-state index contributed by atoms with van der Waals surface area (Å²) < 4.78 is 6.64. The summed E-state index contributed by atoms with van der Waals surface area (Å²) in [6.45, 7) is 5.95. The Kier molecular flexibility index (Phi) is 4.63. The smallest absolute Gasteiger partial charge is 0.303 e. The molecule has 1 aromatic heterocycles. The highest BCUT2D eigenvalue weighted by molar-refractivity contribution is 5.67. The van der Waals surface area contributed by atoms with E-state index in [1.54, 1.807) is 31.4 Å². The van der Waals surface area contributed by atoms with Crippen LogP contribution in [0.25, 0.3) is 5.69 Å². The Labute approximate surface area is 134 Å². The van der Waals surface area contributed by atoms with Crippen LogP contribution >= 0.6 is 0 Å². The molecule has 0 bridgehead atoms. The Bertz CT molecular complexity index is 766. The van der Waals surface area contributed by atoms with E-state index < -0.39 is 5.97 Å². The van der Waals surface area contributed by atoms with Crippen LogP contribution in [0.4, 0.5) is 0 Å². The first-order valence-electron chi connectivity index (χ1n) is 7.44. The number of aromatic amines is 1. The number of carboxylic acids is 1. The van der Waals surface area contributed by atoms with Gasteiger partial charge < -0.3 is 9.84 Å². The third-order valence-corrected chi connectivity index (χ3v) is 3.64. The van der Waals surface area contributed by atoms with E-state index >= 15 is 0 Å². The number of H-pyrrole nitrogens is 1. The fourth-order valence-electron chi connectivity index (χ4n) is 2.49. The SMILES string of the molecule is COc1cccc(-n2[nH]c(C(C)(C)C)c(CCC(=O)O)c2=O)c1. The van der Waals surface area contributed by atoms with E-state index in [-0.39, 0.29) is 23.8 Å². The number of aromatic nitrogens is 2. The van der Waals surface area contributed by atoms with Crippen molar-refractivity contribution in [2.45, 2.75) is 39.0 Å². The molecule has 0 saturated heterocycles. The fourth-order valence-corrected chi connectivity index (χ4v) is 2.49. The molecule has 2 rings (SSSR count). The van der Waals surface area contributed by atoms with Gasteiger partial charge in [0.2, 0.25) is 0 Å². The first-order valence-corrected chi connectivity index (χ1v) is 7.44. The van der Waals surface area contributed by atoms with E-state index in [4.69, 9.17) is 9.84 Å². The van der Waals surface area contributed by atoms with Gasteiger partial charge in [-0.1, -0.05) is 26.8 Å². The summed E-state index contributed by atoms with van der Waals surface area (Å²) in [5.74, 6) is -0.271. The van der Waals surface area contributed by atoms with Gasteiger partial charge in [-0.2, -0.15) is 0 Å². The molecule has 0 atom stereocenters. The topological polar surface area (TPSA) is 84.3 Å². The van der Waals surface area contributed by atoms with Crippen LogP contribution in [0.3, 0.4) is 0 Å². The largest absolute Gasteiger partial charge is 0.497 e. The van der Waals surface area contributed by atoms with E-state index in [1.807, 2.05) is 20.8 Å². The van der Waals surface area contributed by atoms with E-state index in [0.29, 0.717) is 17.0 Å². The van der Waals surface area contributed by atoms with Crippen molar-refractivity contribution in [3.05, 3.63) is 45.9 Å². The van der Waals surface area contributed by atoms with Gasteiger partial charge in [-0.3, -0.25) is 14.7 Å². The molecule has 6 nitrogen and oxygen atoms in total. The molecule has 0 unspecified atom stereocenters. The second kappa shape index (κ2) is 6.32. The van der Waals surface area contributed by atoms with Crippen molar-refractivity contribution < 1.29 is 14.6 Å². The Morgan fingerprint density at radius 3 is 2.61 bits per heavy atom. The van der Waals surface area contributed by atoms with Crippen LogP contribution in [0.5, 0.6) is 5.75 Å². The highest BCUT2D eigenvalue weighted by Crippen LogP contribution is 2.24. The molecule has 0 aliphatic heterocycles. The van der Waals surface area contributed by atoms with Gasteiger partial charge in [-0.25, -0.2) is 4.68 Å². The minimum atomic E-state index is -0.918. The van der Waals surface area contributed by atoms with Gasteiger partial charge in [0.15, 0.2) is 0 Å². The minimum Gasteiger partial charge on any atom is -0.497 e. The molecule has 0 aliphatic rings. The van der Waals surface area contributed by atoms with Crippen LogP contribution in [0.2, 0.25) is 0 Å². The van der Waals surface area contributed by atoms with Gasteiger partial charge in [-0.05, 0) is 18.6 Å². The lowest BCUT2D eigenvalue weighted by atomic mass is 9.88. The molecule has 124 valence electrons. The first kappa shape index (κ1) is 16.9. The molecular formula is C17H22N2O4. The summed E-state index contributed by atoms with van der Waals surface area (Å²) in [6.07, 6.45) is 0.128. The van der Waals surface area contributed by atoms with Crippen LogP contribution < -0.4 is 10.3 Å². The number of rotatable bonds is 5. The standard InChI is InChI=1S/C17H22N2O4/c1-17(2,3)15-13(8-9-14(20)21)16(22)19(18-15)11-6-5-7-12(10-11)23-4/h5-7,10,18H,8-9H2,1-4H3,(H,20,21). The molecule has 2 N–H and O–H groups in total. The zero-order valence-corrected chi connectivity index (χ0v) is 13.8. The minimum absolute atomic E-state index is 0.0751. The number of ether oxygens (including phenoxy) is 1. The maximum Gasteiger partial charge on any atom is 0.303 e. The van der Waals surface area contributed by atoms with E-state index in [0.717, 1.165) is 5.69 Å². The fraction of sp³-hybridized carbons (Fsp3) is 0.412. The number of carbonyl (C=O) groups is 1. The van der Waals surface area contributed by atoms with Crippen molar-refractivity contribution >= 4 is 5.97 Å². The van der Waals surface area contributed by atoms with Crippen molar-refractivity contribution in [2.75, 3.05) is 7.11 Å². The number of carboxylic acid groups (broad SMARTS) is 1. The molecule has 6 heteroatoms. The summed E-state index contributed by atoms with van der Waals surface area (Å²) in [6, 6.07) is 7.15. The molecule has 2 aromatic rings. The maximum atomic E-state index is 12.7. The Morgan fingerprint density at radius 2 is 2.04 bits per heavy atom. The molecule has 0 amide bonds. The van der Waals surface area contributed by atoms with Crippen LogP contribution in [0.15, 0.2) is 29.1 Å². The van der Waals surface area contributed by atoms with Gasteiger partial charge in [0.25, 0.3) is 5.56 Å². The van der Waals surface area contributed by atoms with Gasteiger partial charge >= 0.3 is 5.97 Å². The van der Waals surface area contributed by atoms with Crippen molar-refractivity contribution in [2.24, 2.45) is 0 Å². The van der Waals surface area contributed by atoms with E-state index in [2.05, 4.69) is 5.10 Å². The lowest BCUT2D eigenvalue weighted by Crippen LogP contribution is -2.19. The molecule has 1 aromatic carbocycles. The Morgan fingerprint density at radius 1 is 1.35 bits per heavy atom. The Hall–Kier alpha value is -2.50. The zero-order valence-electron chi connectivity index (χ0n) is 13.8. The predicted octanol–water partition coefficient (Wildman–Crippen LogP) is 2.49. The van der Waals surface area contributed by atoms with E-state index in [9.17, 15) is 9.59 Å². The molecule has 0 spiro atoms. The second-order valence-electron chi connectivity index (χ2n) is 6.45. The zero-order chi connectivity index (χ0) is 17.2. The number of hydrogen-bond acceptors (Lipinski definition) is 3. The number of hydrogen-bond donors (Lipinski definition) is 2. The lowest BCUT2D eigenvalue weighted by Gasteiger charge is -2.18. The molecule has 0 aliphatic carbocycles. The maximum absolute atomic E-state index is 12.7. The van der Waals surface area contributed by atoms with Crippen LogP contribution in [0.1, 0.15) is 38.4 Å². The van der Waals surface area contributed by atoms with Gasteiger partial charge in [0.1, 0.15) is 5.75 Å². The normalized spacial score (nSPS) is 11.5. The quantitative estimate of drug-likeness (QED) is 0.887. The van der Waals surface area contributed by atoms with Gasteiger partial charge in [0.05, 0.1) is 12.8 Å². The summed E-state index contributed by atoms with van der Waals surface area (Å²) in [5, 5.41) is 12.1. The number of benzene rings is 1. The Balaban J connectivity index is 2.57. The molecule has 0 saturated carbocycles. The number of methoxy groups -OCH3 is 1. The van der Waals surface area contributed by atoms with Crippen molar-refractivity contribution in [1.82, 2.24) is 9.78 Å². The second-order valence-corrected chi connectivity index (χ2v) is 6.45. The number of nitrogens with one attached hydrogen (secondary N) is 1. The molecule has 0 radical (unpaired) electrons. The van der Waals surface area contributed by atoms with Crippen LogP contribution in [-0.2, 0) is 16.6 Å².